The number of piperidine rings is 1. The maximum absolute atomic E-state index is 11.5. The number of anilines is 1. The van der Waals surface area contributed by atoms with E-state index in [-0.39, 0.29) is 12.1 Å². The molecule has 0 amide bonds. The van der Waals surface area contributed by atoms with Crippen LogP contribution in [0.25, 0.3) is 0 Å². The highest BCUT2D eigenvalue weighted by atomic mass is 16.5. The molecule has 0 aliphatic carbocycles. The monoisotopic (exact) mass is 369 g/mol. The van der Waals surface area contributed by atoms with Gasteiger partial charge in [0.05, 0.1) is 19.3 Å². The van der Waals surface area contributed by atoms with Crippen LogP contribution in [-0.2, 0) is 5.60 Å². The minimum atomic E-state index is -0.887. The predicted octanol–water partition coefficient (Wildman–Crippen LogP) is 3.21. The van der Waals surface area contributed by atoms with Gasteiger partial charge in [-0.1, -0.05) is 18.2 Å². The van der Waals surface area contributed by atoms with E-state index >= 15 is 0 Å². The summed E-state index contributed by atoms with van der Waals surface area (Å²) in [6.45, 7) is 4.50. The van der Waals surface area contributed by atoms with Crippen LogP contribution in [0, 0.1) is 6.92 Å². The average molecular weight is 369 g/mol. The number of rotatable bonds is 5. The number of fused-ring (bicyclic) bond motifs is 2. The van der Waals surface area contributed by atoms with E-state index in [0.717, 1.165) is 29.8 Å². The van der Waals surface area contributed by atoms with Gasteiger partial charge in [-0.3, -0.25) is 0 Å². The lowest BCUT2D eigenvalue weighted by Crippen LogP contribution is -2.50. The molecule has 1 N–H and O–H groups in total. The Kier molecular flexibility index (Phi) is 4.68. The first kappa shape index (κ1) is 18.0. The summed E-state index contributed by atoms with van der Waals surface area (Å²) in [5, 5.41) is 11.5. The third-order valence-electron chi connectivity index (χ3n) is 5.72. The molecule has 6 nitrogen and oxygen atoms in total. The van der Waals surface area contributed by atoms with Crippen molar-refractivity contribution in [1.29, 1.82) is 0 Å². The Bertz CT molecular complexity index is 812. The number of hydrogen-bond donors (Lipinski definition) is 1. The van der Waals surface area contributed by atoms with E-state index in [1.54, 1.807) is 7.11 Å². The zero-order valence-electron chi connectivity index (χ0n) is 16.2. The molecule has 2 unspecified atom stereocenters. The number of aromatic nitrogens is 2. The van der Waals surface area contributed by atoms with Gasteiger partial charge < -0.3 is 19.5 Å². The highest BCUT2D eigenvalue weighted by molar-refractivity contribution is 5.45. The number of ether oxygens (including phenoxy) is 2. The van der Waals surface area contributed by atoms with E-state index < -0.39 is 5.60 Å². The quantitative estimate of drug-likeness (QED) is 0.873. The van der Waals surface area contributed by atoms with Crippen molar-refractivity contribution in [3.8, 4) is 11.6 Å². The molecule has 3 heterocycles. The van der Waals surface area contributed by atoms with Gasteiger partial charge in [0.1, 0.15) is 5.75 Å². The number of methoxy groups -OCH3 is 1. The summed E-state index contributed by atoms with van der Waals surface area (Å²) in [7, 11) is 1.65. The minimum Gasteiger partial charge on any atom is -0.496 e. The molecule has 1 aromatic carbocycles. The van der Waals surface area contributed by atoms with E-state index in [1.165, 1.54) is 0 Å². The Labute approximate surface area is 160 Å². The van der Waals surface area contributed by atoms with Crippen LogP contribution in [0.1, 0.15) is 43.9 Å². The predicted molar refractivity (Wildman–Crippen MR) is 103 cm³/mol. The van der Waals surface area contributed by atoms with Crippen molar-refractivity contribution in [2.45, 2.75) is 57.2 Å². The van der Waals surface area contributed by atoms with Crippen LogP contribution in [0.3, 0.4) is 0 Å². The summed E-state index contributed by atoms with van der Waals surface area (Å²) < 4.78 is 11.1. The first-order valence-electron chi connectivity index (χ1n) is 9.67. The van der Waals surface area contributed by atoms with E-state index in [1.807, 2.05) is 44.2 Å². The topological polar surface area (TPSA) is 67.7 Å². The summed E-state index contributed by atoms with van der Waals surface area (Å²) in [4.78, 5) is 11.6. The fourth-order valence-corrected chi connectivity index (χ4v) is 4.66. The average Bonchev–Trinajstić information content (AvgIpc) is 2.94. The molecular formula is C21H27N3O3. The Hall–Kier alpha value is -2.34. The molecular weight excluding hydrogens is 342 g/mol. The van der Waals surface area contributed by atoms with Crippen molar-refractivity contribution in [1.82, 2.24) is 9.97 Å². The van der Waals surface area contributed by atoms with Crippen molar-refractivity contribution < 1.29 is 14.6 Å². The van der Waals surface area contributed by atoms with Gasteiger partial charge in [-0.05, 0) is 32.8 Å². The van der Waals surface area contributed by atoms with Gasteiger partial charge >= 0.3 is 0 Å². The molecule has 2 aromatic rings. The van der Waals surface area contributed by atoms with Crippen molar-refractivity contribution in [3.05, 3.63) is 41.6 Å². The molecule has 2 fully saturated rings. The SMILES string of the molecule is CCOc1cc(C)nc(N2C3CCC2CC(O)(c2ccccc2OC)C3)n1. The number of nitrogens with zero attached hydrogens (tertiary/aromatic N) is 3. The molecule has 0 saturated carbocycles. The maximum atomic E-state index is 11.5. The van der Waals surface area contributed by atoms with Crippen LogP contribution in [0.2, 0.25) is 0 Å². The molecule has 2 atom stereocenters. The zero-order valence-corrected chi connectivity index (χ0v) is 16.2. The molecule has 2 saturated heterocycles. The molecule has 2 aliphatic heterocycles. The van der Waals surface area contributed by atoms with Gasteiger partial charge in [-0.2, -0.15) is 4.98 Å². The molecule has 2 bridgehead atoms. The van der Waals surface area contributed by atoms with Crippen LogP contribution in [0.15, 0.2) is 30.3 Å². The van der Waals surface area contributed by atoms with Crippen molar-refractivity contribution in [2.75, 3.05) is 18.6 Å². The molecule has 0 spiro atoms. The largest absolute Gasteiger partial charge is 0.496 e. The van der Waals surface area contributed by atoms with Gasteiger partial charge in [0.25, 0.3) is 0 Å². The highest BCUT2D eigenvalue weighted by Gasteiger charge is 2.50. The molecule has 6 heteroatoms. The smallest absolute Gasteiger partial charge is 0.229 e. The Morgan fingerprint density at radius 3 is 2.56 bits per heavy atom. The number of benzene rings is 1. The van der Waals surface area contributed by atoms with Crippen LogP contribution >= 0.6 is 0 Å². The fraction of sp³-hybridized carbons (Fsp3) is 0.524. The summed E-state index contributed by atoms with van der Waals surface area (Å²) in [5.41, 5.74) is 0.888. The standard InChI is InChI=1S/C21H27N3O3/c1-4-27-19-11-14(2)22-20(23-19)24-15-9-10-16(24)13-21(25,12-15)17-7-5-6-8-18(17)26-3/h5-8,11,15-16,25H,4,9-10,12-13H2,1-3H3. The molecule has 27 heavy (non-hydrogen) atoms. The van der Waals surface area contributed by atoms with Crippen molar-refractivity contribution in [2.24, 2.45) is 0 Å². The fourth-order valence-electron chi connectivity index (χ4n) is 4.66. The van der Waals surface area contributed by atoms with Crippen LogP contribution < -0.4 is 14.4 Å². The second kappa shape index (κ2) is 7.00. The van der Waals surface area contributed by atoms with E-state index in [9.17, 15) is 5.11 Å². The molecule has 4 rings (SSSR count). The van der Waals surface area contributed by atoms with Gasteiger partial charge in [0.15, 0.2) is 0 Å². The molecule has 1 aromatic heterocycles. The summed E-state index contributed by atoms with van der Waals surface area (Å²) in [6, 6.07) is 10.1. The van der Waals surface area contributed by atoms with Crippen molar-refractivity contribution >= 4 is 5.95 Å². The zero-order chi connectivity index (χ0) is 19.0. The van der Waals surface area contributed by atoms with Gasteiger partial charge in [0, 0.05) is 42.2 Å². The lowest BCUT2D eigenvalue weighted by atomic mass is 9.80. The van der Waals surface area contributed by atoms with Crippen LogP contribution in [0.5, 0.6) is 11.6 Å². The van der Waals surface area contributed by atoms with Gasteiger partial charge in [-0.15, -0.1) is 0 Å². The number of hydrogen-bond acceptors (Lipinski definition) is 6. The Morgan fingerprint density at radius 2 is 1.89 bits per heavy atom. The third-order valence-corrected chi connectivity index (χ3v) is 5.72. The summed E-state index contributed by atoms with van der Waals surface area (Å²) >= 11 is 0. The van der Waals surface area contributed by atoms with Crippen molar-refractivity contribution in [3.63, 3.8) is 0 Å². The minimum absolute atomic E-state index is 0.204. The lowest BCUT2D eigenvalue weighted by Gasteiger charge is -2.44. The highest BCUT2D eigenvalue weighted by Crippen LogP contribution is 2.48. The Balaban J connectivity index is 1.65. The van der Waals surface area contributed by atoms with Gasteiger partial charge in [0.2, 0.25) is 11.8 Å². The normalized spacial score (nSPS) is 26.9. The van der Waals surface area contributed by atoms with Crippen LogP contribution in [0.4, 0.5) is 5.95 Å². The first-order chi connectivity index (χ1) is 13.0. The molecule has 2 aliphatic rings. The molecule has 0 radical (unpaired) electrons. The van der Waals surface area contributed by atoms with E-state index in [0.29, 0.717) is 31.3 Å². The summed E-state index contributed by atoms with van der Waals surface area (Å²) in [6.07, 6.45) is 3.35. The van der Waals surface area contributed by atoms with E-state index in [2.05, 4.69) is 14.9 Å². The number of aryl methyl sites for hydroxylation is 1. The Morgan fingerprint density at radius 1 is 1.19 bits per heavy atom. The van der Waals surface area contributed by atoms with Crippen LogP contribution in [-0.4, -0.2) is 40.9 Å². The number of aliphatic hydroxyl groups is 1. The number of para-hydroxylation sites is 1. The second-order valence-corrected chi connectivity index (χ2v) is 7.51. The first-order valence-corrected chi connectivity index (χ1v) is 9.67. The second-order valence-electron chi connectivity index (χ2n) is 7.51. The molecule has 144 valence electrons. The maximum Gasteiger partial charge on any atom is 0.229 e. The lowest BCUT2D eigenvalue weighted by molar-refractivity contribution is -0.00527. The summed E-state index contributed by atoms with van der Waals surface area (Å²) in [5.74, 6) is 2.08. The van der Waals surface area contributed by atoms with Gasteiger partial charge in [-0.25, -0.2) is 4.98 Å². The van der Waals surface area contributed by atoms with E-state index in [4.69, 9.17) is 9.47 Å². The third kappa shape index (κ3) is 3.23.